The SMILES string of the molecule is CC(=O)c1c(C)oc(NC(=O)c2c(Cl)ccc(Cl)c2Cl)c1C#N. The van der Waals surface area contributed by atoms with Crippen molar-refractivity contribution in [3.05, 3.63) is 49.7 Å². The Morgan fingerprint density at radius 3 is 2.35 bits per heavy atom. The van der Waals surface area contributed by atoms with Crippen LogP contribution in [0.25, 0.3) is 0 Å². The van der Waals surface area contributed by atoms with Crippen LogP contribution in [0, 0.1) is 18.3 Å². The lowest BCUT2D eigenvalue weighted by Gasteiger charge is -2.08. The van der Waals surface area contributed by atoms with Gasteiger partial charge in [-0.3, -0.25) is 14.9 Å². The Hall–Kier alpha value is -2.00. The van der Waals surface area contributed by atoms with E-state index in [0.29, 0.717) is 0 Å². The molecule has 0 unspecified atom stereocenters. The Morgan fingerprint density at radius 2 is 1.78 bits per heavy atom. The Morgan fingerprint density at radius 1 is 1.17 bits per heavy atom. The van der Waals surface area contributed by atoms with E-state index in [1.165, 1.54) is 26.0 Å². The molecule has 0 atom stereocenters. The van der Waals surface area contributed by atoms with E-state index in [4.69, 9.17) is 39.2 Å². The van der Waals surface area contributed by atoms with Crippen molar-refractivity contribution in [1.82, 2.24) is 0 Å². The van der Waals surface area contributed by atoms with E-state index in [1.807, 2.05) is 6.07 Å². The molecule has 1 heterocycles. The lowest BCUT2D eigenvalue weighted by atomic mass is 10.1. The second-order valence-electron chi connectivity index (χ2n) is 4.58. The maximum absolute atomic E-state index is 12.4. The molecule has 1 N–H and O–H groups in total. The van der Waals surface area contributed by atoms with Gasteiger partial charge in [0.25, 0.3) is 5.91 Å². The molecule has 2 rings (SSSR count). The first kappa shape index (κ1) is 17.4. The number of nitrogens with zero attached hydrogens (tertiary/aromatic N) is 1. The zero-order chi connectivity index (χ0) is 17.3. The molecule has 0 spiro atoms. The van der Waals surface area contributed by atoms with Gasteiger partial charge in [-0.25, -0.2) is 0 Å². The van der Waals surface area contributed by atoms with Crippen molar-refractivity contribution in [3.63, 3.8) is 0 Å². The van der Waals surface area contributed by atoms with Crippen molar-refractivity contribution in [3.8, 4) is 6.07 Å². The summed E-state index contributed by atoms with van der Waals surface area (Å²) in [5, 5.41) is 11.8. The first-order valence-electron chi connectivity index (χ1n) is 6.27. The number of rotatable bonds is 3. The number of benzene rings is 1. The molecule has 1 aromatic carbocycles. The Labute approximate surface area is 146 Å². The highest BCUT2D eigenvalue weighted by atomic mass is 35.5. The monoisotopic (exact) mass is 370 g/mol. The van der Waals surface area contributed by atoms with E-state index in [1.54, 1.807) is 0 Å². The molecule has 0 aliphatic carbocycles. The average Bonchev–Trinajstić information content (AvgIpc) is 2.78. The van der Waals surface area contributed by atoms with Gasteiger partial charge in [0, 0.05) is 0 Å². The van der Waals surface area contributed by atoms with E-state index >= 15 is 0 Å². The van der Waals surface area contributed by atoms with Crippen molar-refractivity contribution in [1.29, 1.82) is 5.26 Å². The van der Waals surface area contributed by atoms with Gasteiger partial charge in [-0.2, -0.15) is 5.26 Å². The van der Waals surface area contributed by atoms with Gasteiger partial charge in [0.15, 0.2) is 5.78 Å². The fourth-order valence-electron chi connectivity index (χ4n) is 2.06. The van der Waals surface area contributed by atoms with Gasteiger partial charge in [0.1, 0.15) is 17.4 Å². The van der Waals surface area contributed by atoms with E-state index in [2.05, 4.69) is 5.32 Å². The number of hydrogen-bond donors (Lipinski definition) is 1. The highest BCUT2D eigenvalue weighted by Crippen LogP contribution is 2.33. The topological polar surface area (TPSA) is 83.1 Å². The van der Waals surface area contributed by atoms with E-state index in [9.17, 15) is 14.9 Å². The van der Waals surface area contributed by atoms with Gasteiger partial charge in [-0.1, -0.05) is 34.8 Å². The number of carbonyl (C=O) groups excluding carboxylic acids is 2. The number of aryl methyl sites for hydroxylation is 1. The number of nitriles is 1. The molecule has 2 aromatic rings. The number of ketones is 1. The summed E-state index contributed by atoms with van der Waals surface area (Å²) in [6.07, 6.45) is 0. The number of anilines is 1. The minimum Gasteiger partial charge on any atom is -0.443 e. The second kappa shape index (κ2) is 6.63. The largest absolute Gasteiger partial charge is 0.443 e. The first-order chi connectivity index (χ1) is 10.8. The molecular formula is C15H9Cl3N2O3. The summed E-state index contributed by atoms with van der Waals surface area (Å²) >= 11 is 17.8. The van der Waals surface area contributed by atoms with E-state index in [-0.39, 0.29) is 49.2 Å². The molecular weight excluding hydrogens is 363 g/mol. The molecule has 0 aliphatic heterocycles. The molecule has 0 aliphatic rings. The lowest BCUT2D eigenvalue weighted by molar-refractivity contribution is 0.101. The fourth-order valence-corrected chi connectivity index (χ4v) is 2.76. The van der Waals surface area contributed by atoms with Crippen LogP contribution >= 0.6 is 34.8 Å². The molecule has 0 radical (unpaired) electrons. The molecule has 0 bridgehead atoms. The van der Waals surface area contributed by atoms with Crippen LogP contribution in [0.4, 0.5) is 5.88 Å². The Kier molecular flexibility index (Phi) is 5.00. The van der Waals surface area contributed by atoms with Gasteiger partial charge in [-0.15, -0.1) is 0 Å². The summed E-state index contributed by atoms with van der Waals surface area (Å²) in [5.41, 5.74) is 0.00635. The summed E-state index contributed by atoms with van der Waals surface area (Å²) in [6.45, 7) is 2.82. The van der Waals surface area contributed by atoms with Crippen LogP contribution in [0.5, 0.6) is 0 Å². The van der Waals surface area contributed by atoms with Gasteiger partial charge >= 0.3 is 0 Å². The molecule has 23 heavy (non-hydrogen) atoms. The summed E-state index contributed by atoms with van der Waals surface area (Å²) in [7, 11) is 0. The number of amides is 1. The lowest BCUT2D eigenvalue weighted by Crippen LogP contribution is -2.14. The predicted molar refractivity (Wildman–Crippen MR) is 87.6 cm³/mol. The number of hydrogen-bond acceptors (Lipinski definition) is 4. The minimum absolute atomic E-state index is 0.0229. The summed E-state index contributed by atoms with van der Waals surface area (Å²) in [4.78, 5) is 24.0. The molecule has 8 heteroatoms. The highest BCUT2D eigenvalue weighted by Gasteiger charge is 2.24. The third kappa shape index (κ3) is 3.20. The molecule has 5 nitrogen and oxygen atoms in total. The normalized spacial score (nSPS) is 10.3. The smallest absolute Gasteiger partial charge is 0.261 e. The molecule has 1 amide bonds. The van der Waals surface area contributed by atoms with Crippen LogP contribution in [0.2, 0.25) is 15.1 Å². The van der Waals surface area contributed by atoms with E-state index < -0.39 is 5.91 Å². The van der Waals surface area contributed by atoms with Crippen LogP contribution in [-0.4, -0.2) is 11.7 Å². The number of carbonyl (C=O) groups is 2. The standard InChI is InChI=1S/C15H9Cl3N2O3/c1-6(21)11-7(2)23-15(8(11)5-19)20-14(22)12-9(16)3-4-10(17)13(12)18/h3-4H,1-2H3,(H,20,22). The molecule has 0 fully saturated rings. The highest BCUT2D eigenvalue weighted by molar-refractivity contribution is 6.46. The van der Waals surface area contributed by atoms with Crippen molar-refractivity contribution in [2.45, 2.75) is 13.8 Å². The number of halogens is 3. The van der Waals surface area contributed by atoms with Crippen molar-refractivity contribution < 1.29 is 14.0 Å². The zero-order valence-corrected chi connectivity index (χ0v) is 14.2. The van der Waals surface area contributed by atoms with Crippen molar-refractivity contribution in [2.75, 3.05) is 5.32 Å². The average molecular weight is 372 g/mol. The van der Waals surface area contributed by atoms with Gasteiger partial charge < -0.3 is 4.42 Å². The quantitative estimate of drug-likeness (QED) is 0.616. The Bertz CT molecular complexity index is 866. The van der Waals surface area contributed by atoms with E-state index in [0.717, 1.165) is 0 Å². The predicted octanol–water partition coefficient (Wildman–Crippen LogP) is 4.87. The third-order valence-corrected chi connectivity index (χ3v) is 4.17. The number of nitrogens with one attached hydrogen (secondary N) is 1. The van der Waals surface area contributed by atoms with Crippen LogP contribution in [0.3, 0.4) is 0 Å². The number of Topliss-reactive ketones (excluding diaryl/α,β-unsaturated/α-hetero) is 1. The summed E-state index contributed by atoms with van der Waals surface area (Å²) in [5.74, 6) is -0.968. The van der Waals surface area contributed by atoms with Gasteiger partial charge in [0.2, 0.25) is 5.88 Å². The Balaban J connectivity index is 2.47. The van der Waals surface area contributed by atoms with Crippen molar-refractivity contribution in [2.24, 2.45) is 0 Å². The van der Waals surface area contributed by atoms with Crippen LogP contribution in [0.15, 0.2) is 16.5 Å². The zero-order valence-electron chi connectivity index (χ0n) is 12.0. The van der Waals surface area contributed by atoms with Crippen LogP contribution < -0.4 is 5.32 Å². The molecule has 0 saturated carbocycles. The summed E-state index contributed by atoms with van der Waals surface area (Å²) < 4.78 is 5.31. The third-order valence-electron chi connectivity index (χ3n) is 3.05. The van der Waals surface area contributed by atoms with Crippen LogP contribution in [-0.2, 0) is 0 Å². The maximum atomic E-state index is 12.4. The molecule has 1 aromatic heterocycles. The molecule has 0 saturated heterocycles. The van der Waals surface area contributed by atoms with Gasteiger partial charge in [0.05, 0.1) is 26.2 Å². The first-order valence-corrected chi connectivity index (χ1v) is 7.40. The van der Waals surface area contributed by atoms with Crippen molar-refractivity contribution >= 4 is 52.4 Å². The minimum atomic E-state index is -0.706. The van der Waals surface area contributed by atoms with Gasteiger partial charge in [-0.05, 0) is 26.0 Å². The summed E-state index contributed by atoms with van der Waals surface area (Å²) in [6, 6.07) is 4.72. The molecule has 118 valence electrons. The maximum Gasteiger partial charge on any atom is 0.261 e. The van der Waals surface area contributed by atoms with Crippen LogP contribution in [0.1, 0.15) is 39.0 Å². The number of furan rings is 1. The fraction of sp³-hybridized carbons (Fsp3) is 0.133. The second-order valence-corrected chi connectivity index (χ2v) is 5.77.